The monoisotopic (exact) mass is 454 g/mol. The van der Waals surface area contributed by atoms with E-state index in [4.69, 9.17) is 24.4 Å². The second-order valence-electron chi connectivity index (χ2n) is 7.88. The Balaban J connectivity index is 1.73. The van der Waals surface area contributed by atoms with Gasteiger partial charge < -0.3 is 10.6 Å². The van der Waals surface area contributed by atoms with E-state index in [0.717, 1.165) is 22.6 Å². The molecule has 0 spiro atoms. The molecule has 0 amide bonds. The molecule has 0 aliphatic rings. The molecule has 2 aromatic rings. The van der Waals surface area contributed by atoms with Gasteiger partial charge >= 0.3 is 0 Å². The zero-order chi connectivity index (χ0) is 22.7. The topological polar surface area (TPSA) is 72.8 Å². The first-order valence-electron chi connectivity index (χ1n) is 10.0. The first-order valence-corrected chi connectivity index (χ1v) is 10.9. The standard InChI is InChI=1S/C23H30N6S2/c1-17(19-11-7-5-8-12-19)26-28-21(30)24-15-23(3,4)16-25-22(31)29-27-18(2)20-13-9-6-10-14-20/h5-14H,15-16H2,1-4H3,(H2,24,28,30)(H2,25,29,31)/b26-17+,27-18+. The summed E-state index contributed by atoms with van der Waals surface area (Å²) in [6.07, 6.45) is 0. The fourth-order valence-electron chi connectivity index (χ4n) is 2.54. The summed E-state index contributed by atoms with van der Waals surface area (Å²) in [5.74, 6) is 0. The predicted octanol–water partition coefficient (Wildman–Crippen LogP) is 3.79. The molecule has 0 radical (unpaired) electrons. The van der Waals surface area contributed by atoms with Crippen LogP contribution in [0.4, 0.5) is 0 Å². The maximum absolute atomic E-state index is 5.34. The Kier molecular flexibility index (Phi) is 9.55. The Morgan fingerprint density at radius 3 is 1.42 bits per heavy atom. The quantitative estimate of drug-likeness (QED) is 0.276. The molecule has 0 saturated heterocycles. The molecule has 0 aliphatic heterocycles. The SMILES string of the molecule is C/C(=N\NC(=S)NCC(C)(C)CNC(=S)N/N=C(\C)c1ccccc1)c1ccccc1. The van der Waals surface area contributed by atoms with Crippen molar-refractivity contribution in [1.82, 2.24) is 21.5 Å². The molecule has 6 nitrogen and oxygen atoms in total. The summed E-state index contributed by atoms with van der Waals surface area (Å²) < 4.78 is 0. The minimum Gasteiger partial charge on any atom is -0.361 e. The van der Waals surface area contributed by atoms with Crippen molar-refractivity contribution in [3.63, 3.8) is 0 Å². The van der Waals surface area contributed by atoms with Crippen LogP contribution in [0.25, 0.3) is 0 Å². The molecule has 0 aromatic heterocycles. The molecule has 31 heavy (non-hydrogen) atoms. The number of thiocarbonyl (C=S) groups is 2. The van der Waals surface area contributed by atoms with Crippen LogP contribution in [0.1, 0.15) is 38.8 Å². The largest absolute Gasteiger partial charge is 0.361 e. The van der Waals surface area contributed by atoms with E-state index in [1.807, 2.05) is 74.5 Å². The van der Waals surface area contributed by atoms with Crippen molar-refractivity contribution < 1.29 is 0 Å². The first kappa shape index (κ1) is 24.4. The van der Waals surface area contributed by atoms with E-state index in [0.29, 0.717) is 23.3 Å². The number of hydrazone groups is 2. The zero-order valence-corrected chi connectivity index (χ0v) is 20.0. The van der Waals surface area contributed by atoms with E-state index in [-0.39, 0.29) is 5.41 Å². The van der Waals surface area contributed by atoms with Crippen molar-refractivity contribution in [2.45, 2.75) is 27.7 Å². The maximum atomic E-state index is 5.34. The molecule has 0 aliphatic carbocycles. The lowest BCUT2D eigenvalue weighted by Crippen LogP contribution is -2.45. The van der Waals surface area contributed by atoms with E-state index in [9.17, 15) is 0 Å². The molecule has 8 heteroatoms. The molecule has 0 bridgehead atoms. The summed E-state index contributed by atoms with van der Waals surface area (Å²) in [5, 5.41) is 16.0. The van der Waals surface area contributed by atoms with E-state index < -0.39 is 0 Å². The molecule has 0 atom stereocenters. The van der Waals surface area contributed by atoms with Crippen LogP contribution in [0.3, 0.4) is 0 Å². The molecule has 0 unspecified atom stereocenters. The zero-order valence-electron chi connectivity index (χ0n) is 18.4. The van der Waals surface area contributed by atoms with Crippen molar-refractivity contribution in [3.8, 4) is 0 Å². The molecular weight excluding hydrogens is 424 g/mol. The van der Waals surface area contributed by atoms with Crippen molar-refractivity contribution in [2.75, 3.05) is 13.1 Å². The third-order valence-electron chi connectivity index (χ3n) is 4.49. The van der Waals surface area contributed by atoms with Gasteiger partial charge in [0.1, 0.15) is 0 Å². The van der Waals surface area contributed by atoms with Gasteiger partial charge in [0.2, 0.25) is 0 Å². The Hall–Kier alpha value is -2.84. The second-order valence-corrected chi connectivity index (χ2v) is 8.70. The Bertz CT molecular complexity index is 848. The smallest absolute Gasteiger partial charge is 0.186 e. The molecule has 164 valence electrons. The summed E-state index contributed by atoms with van der Waals surface area (Å²) in [6.45, 7) is 9.43. The third kappa shape index (κ3) is 9.23. The Morgan fingerprint density at radius 2 is 1.06 bits per heavy atom. The number of rotatable bonds is 8. The van der Waals surface area contributed by atoms with Gasteiger partial charge in [0.25, 0.3) is 0 Å². The van der Waals surface area contributed by atoms with E-state index in [2.05, 4.69) is 45.5 Å². The summed E-state index contributed by atoms with van der Waals surface area (Å²) in [4.78, 5) is 0. The lowest BCUT2D eigenvalue weighted by atomic mass is 9.93. The average molecular weight is 455 g/mol. The lowest BCUT2D eigenvalue weighted by molar-refractivity contribution is 0.359. The fourth-order valence-corrected chi connectivity index (χ4v) is 2.77. The minimum atomic E-state index is -0.103. The number of benzene rings is 2. The Labute approximate surface area is 195 Å². The van der Waals surface area contributed by atoms with Crippen LogP contribution in [-0.2, 0) is 0 Å². The highest BCUT2D eigenvalue weighted by molar-refractivity contribution is 7.80. The van der Waals surface area contributed by atoms with Crippen LogP contribution in [-0.4, -0.2) is 34.7 Å². The van der Waals surface area contributed by atoms with Crippen LogP contribution >= 0.6 is 24.4 Å². The van der Waals surface area contributed by atoms with Gasteiger partial charge in [-0.1, -0.05) is 74.5 Å². The highest BCUT2D eigenvalue weighted by Gasteiger charge is 2.18. The van der Waals surface area contributed by atoms with E-state index in [1.54, 1.807) is 0 Å². The molecule has 0 heterocycles. The molecule has 0 fully saturated rings. The van der Waals surface area contributed by atoms with E-state index in [1.165, 1.54) is 0 Å². The van der Waals surface area contributed by atoms with Crippen molar-refractivity contribution in [3.05, 3.63) is 71.8 Å². The summed E-state index contributed by atoms with van der Waals surface area (Å²) in [5.41, 5.74) is 9.53. The number of nitrogens with zero attached hydrogens (tertiary/aromatic N) is 2. The van der Waals surface area contributed by atoms with Crippen LogP contribution in [0.5, 0.6) is 0 Å². The van der Waals surface area contributed by atoms with Gasteiger partial charge in [-0.25, -0.2) is 0 Å². The summed E-state index contributed by atoms with van der Waals surface area (Å²) >= 11 is 10.7. The lowest BCUT2D eigenvalue weighted by Gasteiger charge is -2.26. The maximum Gasteiger partial charge on any atom is 0.186 e. The number of hydrogen-bond donors (Lipinski definition) is 4. The van der Waals surface area contributed by atoms with Gasteiger partial charge in [-0.15, -0.1) is 0 Å². The average Bonchev–Trinajstić information content (AvgIpc) is 2.79. The molecular formula is C23H30N6S2. The normalized spacial score (nSPS) is 12.1. The number of nitrogens with one attached hydrogen (secondary N) is 4. The van der Waals surface area contributed by atoms with Crippen molar-refractivity contribution in [2.24, 2.45) is 15.6 Å². The molecule has 2 aromatic carbocycles. The summed E-state index contributed by atoms with van der Waals surface area (Å²) in [6, 6.07) is 19.9. The van der Waals surface area contributed by atoms with Crippen LogP contribution < -0.4 is 21.5 Å². The predicted molar refractivity (Wildman–Crippen MR) is 139 cm³/mol. The van der Waals surface area contributed by atoms with Gasteiger partial charge in [-0.3, -0.25) is 10.9 Å². The highest BCUT2D eigenvalue weighted by atomic mass is 32.1. The van der Waals surface area contributed by atoms with Crippen LogP contribution in [0, 0.1) is 5.41 Å². The Morgan fingerprint density at radius 1 is 0.710 bits per heavy atom. The highest BCUT2D eigenvalue weighted by Crippen LogP contribution is 2.11. The van der Waals surface area contributed by atoms with E-state index >= 15 is 0 Å². The van der Waals surface area contributed by atoms with Crippen LogP contribution in [0.2, 0.25) is 0 Å². The third-order valence-corrected chi connectivity index (χ3v) is 4.96. The molecule has 0 saturated carbocycles. The van der Waals surface area contributed by atoms with Gasteiger partial charge in [0.15, 0.2) is 10.2 Å². The van der Waals surface area contributed by atoms with Crippen molar-refractivity contribution >= 4 is 46.1 Å². The molecule has 4 N–H and O–H groups in total. The van der Waals surface area contributed by atoms with Gasteiger partial charge in [-0.2, -0.15) is 10.2 Å². The van der Waals surface area contributed by atoms with Gasteiger partial charge in [0.05, 0.1) is 11.4 Å². The second kappa shape index (κ2) is 12.1. The van der Waals surface area contributed by atoms with Gasteiger partial charge in [0, 0.05) is 13.1 Å². The van der Waals surface area contributed by atoms with Crippen LogP contribution in [0.15, 0.2) is 70.9 Å². The minimum absolute atomic E-state index is 0.103. The fraction of sp³-hybridized carbons (Fsp3) is 0.304. The number of hydrogen-bond acceptors (Lipinski definition) is 4. The first-order chi connectivity index (χ1) is 14.8. The van der Waals surface area contributed by atoms with Crippen molar-refractivity contribution in [1.29, 1.82) is 0 Å². The summed E-state index contributed by atoms with van der Waals surface area (Å²) in [7, 11) is 0. The molecule has 2 rings (SSSR count). The van der Waals surface area contributed by atoms with Gasteiger partial charge in [-0.05, 0) is 54.8 Å².